The molecule has 0 unspecified atom stereocenters. The first-order chi connectivity index (χ1) is 10.5. The summed E-state index contributed by atoms with van der Waals surface area (Å²) in [6.07, 6.45) is 2.78. The van der Waals surface area contributed by atoms with Crippen LogP contribution in [0.3, 0.4) is 0 Å². The Bertz CT molecular complexity index is 738. The van der Waals surface area contributed by atoms with Gasteiger partial charge >= 0.3 is 0 Å². The molecule has 5 nitrogen and oxygen atoms in total. The maximum Gasteiger partial charge on any atom is 0.243 e. The monoisotopic (exact) mass is 336 g/mol. The lowest BCUT2D eigenvalue weighted by atomic mass is 9.65. The normalized spacial score (nSPS) is 30.3. The van der Waals surface area contributed by atoms with E-state index in [4.69, 9.17) is 0 Å². The van der Waals surface area contributed by atoms with E-state index < -0.39 is 16.0 Å². The molecule has 1 aromatic rings. The highest BCUT2D eigenvalue weighted by Gasteiger charge is 2.53. The highest BCUT2D eigenvalue weighted by Crippen LogP contribution is 2.53. The number of sulfonamides is 1. The van der Waals surface area contributed by atoms with Crippen LogP contribution in [0, 0.1) is 10.8 Å². The van der Waals surface area contributed by atoms with Gasteiger partial charge in [0.05, 0.1) is 10.9 Å². The first-order valence-electron chi connectivity index (χ1n) is 7.86. The molecular formula is C17H22NO4S-. The van der Waals surface area contributed by atoms with Crippen LogP contribution in [0.1, 0.15) is 50.4 Å². The minimum atomic E-state index is -3.60. The molecular weight excluding hydrogens is 314 g/mol. The van der Waals surface area contributed by atoms with Crippen molar-refractivity contribution in [1.82, 2.24) is 4.31 Å². The van der Waals surface area contributed by atoms with Crippen LogP contribution in [0.5, 0.6) is 0 Å². The van der Waals surface area contributed by atoms with Crippen molar-refractivity contribution < 1.29 is 18.3 Å². The number of carbonyl (C=O) groups excluding carboxylic acids is 1. The smallest absolute Gasteiger partial charge is 0.243 e. The minimum Gasteiger partial charge on any atom is -0.545 e. The SMILES string of the molecule is CC1(C)C[C@H]2C[C@](C)(CN2S(=O)(=O)c2ccc(C(=O)[O-])cc2)C1. The lowest BCUT2D eigenvalue weighted by Gasteiger charge is -2.39. The lowest BCUT2D eigenvalue weighted by Crippen LogP contribution is -2.37. The molecule has 2 aliphatic rings. The van der Waals surface area contributed by atoms with E-state index in [9.17, 15) is 18.3 Å². The van der Waals surface area contributed by atoms with Crippen LogP contribution in [0.15, 0.2) is 29.2 Å². The molecule has 0 aromatic heterocycles. The van der Waals surface area contributed by atoms with E-state index in [1.165, 1.54) is 24.3 Å². The molecule has 2 bridgehead atoms. The number of hydrogen-bond donors (Lipinski definition) is 0. The van der Waals surface area contributed by atoms with Gasteiger partial charge in [-0.3, -0.25) is 0 Å². The fraction of sp³-hybridized carbons (Fsp3) is 0.588. The van der Waals surface area contributed by atoms with Gasteiger partial charge in [0.2, 0.25) is 10.0 Å². The molecule has 2 atom stereocenters. The van der Waals surface area contributed by atoms with Crippen LogP contribution in [0.2, 0.25) is 0 Å². The summed E-state index contributed by atoms with van der Waals surface area (Å²) >= 11 is 0. The molecule has 0 amide bonds. The van der Waals surface area contributed by atoms with E-state index in [0.717, 1.165) is 19.3 Å². The van der Waals surface area contributed by atoms with Crippen LogP contribution in [0.25, 0.3) is 0 Å². The zero-order chi connectivity index (χ0) is 17.0. The van der Waals surface area contributed by atoms with Crippen LogP contribution >= 0.6 is 0 Å². The van der Waals surface area contributed by atoms with Gasteiger partial charge in [-0.05, 0) is 47.8 Å². The van der Waals surface area contributed by atoms with Crippen molar-refractivity contribution in [2.24, 2.45) is 10.8 Å². The van der Waals surface area contributed by atoms with E-state index in [-0.39, 0.29) is 27.3 Å². The quantitative estimate of drug-likeness (QED) is 0.841. The average Bonchev–Trinajstić information content (AvgIpc) is 2.68. The molecule has 1 aliphatic carbocycles. The molecule has 3 rings (SSSR count). The molecule has 1 heterocycles. The Balaban J connectivity index is 1.93. The van der Waals surface area contributed by atoms with Crippen molar-refractivity contribution in [3.63, 3.8) is 0 Å². The number of rotatable bonds is 3. The molecule has 1 saturated heterocycles. The maximum atomic E-state index is 13.0. The fourth-order valence-electron chi connectivity index (χ4n) is 4.59. The molecule has 2 fully saturated rings. The summed E-state index contributed by atoms with van der Waals surface area (Å²) in [7, 11) is -3.60. The minimum absolute atomic E-state index is 0.0165. The highest BCUT2D eigenvalue weighted by molar-refractivity contribution is 7.89. The van der Waals surface area contributed by atoms with Crippen molar-refractivity contribution >= 4 is 16.0 Å². The van der Waals surface area contributed by atoms with Crippen LogP contribution < -0.4 is 5.11 Å². The van der Waals surface area contributed by atoms with Crippen molar-refractivity contribution in [3.8, 4) is 0 Å². The first-order valence-corrected chi connectivity index (χ1v) is 9.30. The molecule has 0 spiro atoms. The summed E-state index contributed by atoms with van der Waals surface area (Å²) < 4.78 is 27.6. The molecule has 23 heavy (non-hydrogen) atoms. The molecule has 126 valence electrons. The Morgan fingerprint density at radius 3 is 2.35 bits per heavy atom. The fourth-order valence-corrected chi connectivity index (χ4v) is 6.36. The molecule has 6 heteroatoms. The largest absolute Gasteiger partial charge is 0.545 e. The number of benzene rings is 1. The number of carbonyl (C=O) groups is 1. The van der Waals surface area contributed by atoms with Gasteiger partial charge in [-0.25, -0.2) is 8.42 Å². The summed E-state index contributed by atoms with van der Waals surface area (Å²) in [4.78, 5) is 11.0. The predicted octanol–water partition coefficient (Wildman–Crippen LogP) is 1.64. The third-order valence-corrected chi connectivity index (χ3v) is 6.98. The summed E-state index contributed by atoms with van der Waals surface area (Å²) in [6, 6.07) is 5.31. The third kappa shape index (κ3) is 2.90. The van der Waals surface area contributed by atoms with Crippen molar-refractivity contribution in [2.45, 2.75) is 51.0 Å². The summed E-state index contributed by atoms with van der Waals surface area (Å²) in [5.74, 6) is -1.31. The number of fused-ring (bicyclic) bond motifs is 2. The van der Waals surface area contributed by atoms with Crippen molar-refractivity contribution in [3.05, 3.63) is 29.8 Å². The predicted molar refractivity (Wildman–Crippen MR) is 84.2 cm³/mol. The number of nitrogens with zero attached hydrogens (tertiary/aromatic N) is 1. The summed E-state index contributed by atoms with van der Waals surface area (Å²) in [5.41, 5.74) is 0.141. The Morgan fingerprint density at radius 1 is 1.17 bits per heavy atom. The second-order valence-electron chi connectivity index (χ2n) is 8.08. The molecule has 1 aromatic carbocycles. The summed E-state index contributed by atoms with van der Waals surface area (Å²) in [6.45, 7) is 7.09. The zero-order valence-electron chi connectivity index (χ0n) is 13.7. The van der Waals surface area contributed by atoms with E-state index in [0.29, 0.717) is 6.54 Å². The summed E-state index contributed by atoms with van der Waals surface area (Å²) in [5, 5.41) is 10.8. The van der Waals surface area contributed by atoms with Gasteiger partial charge in [-0.2, -0.15) is 4.31 Å². The second-order valence-corrected chi connectivity index (χ2v) is 9.97. The zero-order valence-corrected chi connectivity index (χ0v) is 14.5. The van der Waals surface area contributed by atoms with Gasteiger partial charge in [-0.15, -0.1) is 0 Å². The van der Waals surface area contributed by atoms with Crippen molar-refractivity contribution in [1.29, 1.82) is 0 Å². The van der Waals surface area contributed by atoms with E-state index >= 15 is 0 Å². The third-order valence-electron chi connectivity index (χ3n) is 5.06. The average molecular weight is 336 g/mol. The molecule has 0 radical (unpaired) electrons. The number of aromatic carboxylic acids is 1. The van der Waals surface area contributed by atoms with Crippen LogP contribution in [-0.4, -0.2) is 31.3 Å². The van der Waals surface area contributed by atoms with Crippen LogP contribution in [-0.2, 0) is 10.0 Å². The van der Waals surface area contributed by atoms with Gasteiger partial charge in [0.1, 0.15) is 0 Å². The topological polar surface area (TPSA) is 77.5 Å². The van der Waals surface area contributed by atoms with Gasteiger partial charge in [0.15, 0.2) is 0 Å². The molecule has 1 saturated carbocycles. The number of carboxylic acid groups (broad SMARTS) is 1. The Labute approximate surface area is 137 Å². The van der Waals surface area contributed by atoms with E-state index in [1.807, 2.05) is 0 Å². The number of hydrogen-bond acceptors (Lipinski definition) is 4. The second kappa shape index (κ2) is 5.05. The van der Waals surface area contributed by atoms with Crippen LogP contribution in [0.4, 0.5) is 0 Å². The Kier molecular flexibility index (Phi) is 3.61. The Morgan fingerprint density at radius 2 is 1.78 bits per heavy atom. The highest BCUT2D eigenvalue weighted by atomic mass is 32.2. The standard InChI is InChI=1S/C17H23NO4S/c1-16(2)8-13-9-17(3,10-16)11-18(13)23(21,22)14-6-4-12(5-7-14)15(19)20/h4-7,13H,8-11H2,1-3H3,(H,19,20)/p-1/t13-,17-/m0/s1. The van der Waals surface area contributed by atoms with Gasteiger partial charge < -0.3 is 9.90 Å². The van der Waals surface area contributed by atoms with Crippen molar-refractivity contribution in [2.75, 3.05) is 6.54 Å². The maximum absolute atomic E-state index is 13.0. The van der Waals surface area contributed by atoms with E-state index in [1.54, 1.807) is 4.31 Å². The molecule has 0 N–H and O–H groups in total. The lowest BCUT2D eigenvalue weighted by molar-refractivity contribution is -0.255. The van der Waals surface area contributed by atoms with E-state index in [2.05, 4.69) is 20.8 Å². The van der Waals surface area contributed by atoms with Gasteiger partial charge in [0.25, 0.3) is 0 Å². The number of carboxylic acids is 1. The molecule has 1 aliphatic heterocycles. The Hall–Kier alpha value is -1.40. The van der Waals surface area contributed by atoms with Gasteiger partial charge in [0, 0.05) is 12.6 Å². The van der Waals surface area contributed by atoms with Gasteiger partial charge in [-0.1, -0.05) is 32.9 Å². The first kappa shape index (κ1) is 16.5.